The van der Waals surface area contributed by atoms with E-state index < -0.39 is 0 Å². The van der Waals surface area contributed by atoms with Crippen molar-refractivity contribution in [2.45, 2.75) is 6.92 Å². The highest BCUT2D eigenvalue weighted by Crippen LogP contribution is 2.22. The number of carbonyl (C=O) groups is 1. The number of halogens is 2. The van der Waals surface area contributed by atoms with Crippen LogP contribution in [0.1, 0.15) is 5.76 Å². The molecule has 5 nitrogen and oxygen atoms in total. The van der Waals surface area contributed by atoms with Crippen LogP contribution in [0.2, 0.25) is 10.0 Å². The number of carbonyl (C=O) groups excluding carboxylic acids is 1. The van der Waals surface area contributed by atoms with E-state index >= 15 is 0 Å². The maximum atomic E-state index is 11.7. The maximum absolute atomic E-state index is 11.7. The van der Waals surface area contributed by atoms with E-state index in [0.29, 0.717) is 27.3 Å². The second-order valence-corrected chi connectivity index (χ2v) is 4.76. The van der Waals surface area contributed by atoms with Gasteiger partial charge < -0.3 is 15.2 Å². The van der Waals surface area contributed by atoms with Gasteiger partial charge in [0.15, 0.2) is 5.82 Å². The van der Waals surface area contributed by atoms with Gasteiger partial charge in [0, 0.05) is 21.8 Å². The van der Waals surface area contributed by atoms with Crippen molar-refractivity contribution < 1.29 is 9.32 Å². The Kier molecular flexibility index (Phi) is 4.29. The van der Waals surface area contributed by atoms with Crippen molar-refractivity contribution in [1.82, 2.24) is 5.16 Å². The summed E-state index contributed by atoms with van der Waals surface area (Å²) in [5.41, 5.74) is 0.542. The molecule has 0 unspecified atom stereocenters. The predicted molar refractivity (Wildman–Crippen MR) is 74.8 cm³/mol. The Balaban J connectivity index is 1.90. The molecule has 1 amide bonds. The number of nitrogens with zero attached hydrogens (tertiary/aromatic N) is 1. The zero-order chi connectivity index (χ0) is 13.8. The van der Waals surface area contributed by atoms with Gasteiger partial charge in [-0.05, 0) is 25.1 Å². The largest absolute Gasteiger partial charge is 0.360 e. The van der Waals surface area contributed by atoms with Crippen molar-refractivity contribution in [2.24, 2.45) is 0 Å². The van der Waals surface area contributed by atoms with E-state index in [1.165, 1.54) is 0 Å². The first-order chi connectivity index (χ1) is 9.02. The molecule has 0 saturated heterocycles. The SMILES string of the molecule is Cc1cc(NCC(=O)Nc2cc(Cl)cc(Cl)c2)no1. The number of benzene rings is 1. The predicted octanol–water partition coefficient (Wildman–Crippen LogP) is 3.34. The first kappa shape index (κ1) is 13.7. The minimum atomic E-state index is -0.237. The Bertz CT molecular complexity index is 578. The van der Waals surface area contributed by atoms with Crippen LogP contribution in [0.4, 0.5) is 11.5 Å². The van der Waals surface area contributed by atoms with Crippen molar-refractivity contribution in [3.05, 3.63) is 40.1 Å². The average molecular weight is 300 g/mol. The van der Waals surface area contributed by atoms with Gasteiger partial charge in [0.1, 0.15) is 5.76 Å². The third-order valence-corrected chi connectivity index (χ3v) is 2.64. The standard InChI is InChI=1S/C12H11Cl2N3O2/c1-7-2-11(17-19-7)15-6-12(18)16-10-4-8(13)3-9(14)5-10/h2-5H,6H2,1H3,(H,15,17)(H,16,18). The molecule has 0 fully saturated rings. The van der Waals surface area contributed by atoms with Gasteiger partial charge in [-0.25, -0.2) is 0 Å². The van der Waals surface area contributed by atoms with Crippen LogP contribution in [0, 0.1) is 6.92 Å². The lowest BCUT2D eigenvalue weighted by atomic mass is 10.3. The van der Waals surface area contributed by atoms with Gasteiger partial charge in [-0.15, -0.1) is 0 Å². The molecule has 0 aliphatic rings. The Hall–Kier alpha value is -1.72. The normalized spacial score (nSPS) is 10.3. The fourth-order valence-electron chi connectivity index (χ4n) is 1.45. The Morgan fingerprint density at radius 2 is 1.95 bits per heavy atom. The number of hydrogen-bond acceptors (Lipinski definition) is 4. The second kappa shape index (κ2) is 5.95. The van der Waals surface area contributed by atoms with E-state index in [1.54, 1.807) is 31.2 Å². The smallest absolute Gasteiger partial charge is 0.243 e. The topological polar surface area (TPSA) is 67.2 Å². The van der Waals surface area contributed by atoms with Gasteiger partial charge in [0.05, 0.1) is 6.54 Å². The zero-order valence-electron chi connectivity index (χ0n) is 10.0. The highest BCUT2D eigenvalue weighted by Gasteiger charge is 2.06. The number of amides is 1. The van der Waals surface area contributed by atoms with Crippen LogP contribution in [0.3, 0.4) is 0 Å². The molecule has 7 heteroatoms. The molecule has 2 rings (SSSR count). The monoisotopic (exact) mass is 299 g/mol. The molecule has 2 aromatic rings. The maximum Gasteiger partial charge on any atom is 0.243 e. The first-order valence-corrected chi connectivity index (χ1v) is 6.21. The summed E-state index contributed by atoms with van der Waals surface area (Å²) in [6.45, 7) is 1.84. The molecule has 19 heavy (non-hydrogen) atoms. The van der Waals surface area contributed by atoms with Crippen molar-refractivity contribution in [2.75, 3.05) is 17.2 Å². The Labute approximate surface area is 119 Å². The third kappa shape index (κ3) is 4.15. The van der Waals surface area contributed by atoms with E-state index in [4.69, 9.17) is 27.7 Å². The van der Waals surface area contributed by atoms with Crippen molar-refractivity contribution in [1.29, 1.82) is 0 Å². The molecule has 1 aromatic heterocycles. The summed E-state index contributed by atoms with van der Waals surface area (Å²) in [7, 11) is 0. The molecule has 1 aromatic carbocycles. The van der Waals surface area contributed by atoms with Gasteiger partial charge in [0.25, 0.3) is 0 Å². The quantitative estimate of drug-likeness (QED) is 0.908. The fourth-order valence-corrected chi connectivity index (χ4v) is 1.98. The number of anilines is 2. The molecule has 2 N–H and O–H groups in total. The molecule has 0 saturated carbocycles. The van der Waals surface area contributed by atoms with Gasteiger partial charge in [-0.1, -0.05) is 28.4 Å². The zero-order valence-corrected chi connectivity index (χ0v) is 11.5. The Morgan fingerprint density at radius 3 is 2.53 bits per heavy atom. The summed E-state index contributed by atoms with van der Waals surface area (Å²) in [5, 5.41) is 10.1. The summed E-state index contributed by atoms with van der Waals surface area (Å²) in [6, 6.07) is 6.52. The van der Waals surface area contributed by atoms with E-state index in [1.807, 2.05) is 0 Å². The number of hydrogen-bond donors (Lipinski definition) is 2. The van der Waals surface area contributed by atoms with E-state index in [0.717, 1.165) is 0 Å². The van der Waals surface area contributed by atoms with Crippen molar-refractivity contribution in [3.8, 4) is 0 Å². The average Bonchev–Trinajstić information content (AvgIpc) is 2.71. The van der Waals surface area contributed by atoms with Gasteiger partial charge >= 0.3 is 0 Å². The summed E-state index contributed by atoms with van der Waals surface area (Å²) < 4.78 is 4.87. The molecule has 100 valence electrons. The number of nitrogens with one attached hydrogen (secondary N) is 2. The van der Waals surface area contributed by atoms with Gasteiger partial charge in [0.2, 0.25) is 5.91 Å². The summed E-state index contributed by atoms with van der Waals surface area (Å²) in [5.74, 6) is 0.945. The molecular formula is C12H11Cl2N3O2. The molecule has 0 radical (unpaired) electrons. The van der Waals surface area contributed by atoms with Crippen LogP contribution in [0.25, 0.3) is 0 Å². The van der Waals surface area contributed by atoms with Crippen LogP contribution in [-0.4, -0.2) is 17.6 Å². The van der Waals surface area contributed by atoms with E-state index in [2.05, 4.69) is 15.8 Å². The third-order valence-electron chi connectivity index (χ3n) is 2.20. The minimum absolute atomic E-state index is 0.0656. The fraction of sp³-hybridized carbons (Fsp3) is 0.167. The number of rotatable bonds is 4. The van der Waals surface area contributed by atoms with Gasteiger partial charge in [-0.2, -0.15) is 0 Å². The molecule has 0 aliphatic heterocycles. The van der Waals surface area contributed by atoms with Crippen molar-refractivity contribution >= 4 is 40.6 Å². The molecule has 0 atom stereocenters. The second-order valence-electron chi connectivity index (χ2n) is 3.88. The summed E-state index contributed by atoms with van der Waals surface area (Å²) >= 11 is 11.7. The van der Waals surface area contributed by atoms with Crippen LogP contribution in [0.5, 0.6) is 0 Å². The minimum Gasteiger partial charge on any atom is -0.360 e. The molecule has 0 aliphatic carbocycles. The lowest BCUT2D eigenvalue weighted by molar-refractivity contribution is -0.114. The molecule has 0 bridgehead atoms. The molecule has 0 spiro atoms. The lowest BCUT2D eigenvalue weighted by Crippen LogP contribution is -2.21. The lowest BCUT2D eigenvalue weighted by Gasteiger charge is -2.06. The Morgan fingerprint density at radius 1 is 1.26 bits per heavy atom. The number of aromatic nitrogens is 1. The van der Waals surface area contributed by atoms with Crippen LogP contribution < -0.4 is 10.6 Å². The number of aryl methyl sites for hydroxylation is 1. The highest BCUT2D eigenvalue weighted by molar-refractivity contribution is 6.35. The van der Waals surface area contributed by atoms with Crippen LogP contribution in [0.15, 0.2) is 28.8 Å². The van der Waals surface area contributed by atoms with E-state index in [-0.39, 0.29) is 12.5 Å². The molecule has 1 heterocycles. The summed E-state index contributed by atoms with van der Waals surface area (Å²) in [6.07, 6.45) is 0. The van der Waals surface area contributed by atoms with Crippen molar-refractivity contribution in [3.63, 3.8) is 0 Å². The first-order valence-electron chi connectivity index (χ1n) is 5.46. The van der Waals surface area contributed by atoms with Gasteiger partial charge in [-0.3, -0.25) is 4.79 Å². The molecular weight excluding hydrogens is 289 g/mol. The van der Waals surface area contributed by atoms with Crippen LogP contribution in [-0.2, 0) is 4.79 Å². The van der Waals surface area contributed by atoms with Crippen LogP contribution >= 0.6 is 23.2 Å². The highest BCUT2D eigenvalue weighted by atomic mass is 35.5. The van der Waals surface area contributed by atoms with E-state index in [9.17, 15) is 4.79 Å². The summed E-state index contributed by atoms with van der Waals surface area (Å²) in [4.78, 5) is 11.7.